The van der Waals surface area contributed by atoms with E-state index in [1.165, 1.54) is 28.7 Å². The van der Waals surface area contributed by atoms with Crippen LogP contribution in [0.15, 0.2) is 16.0 Å². The second-order valence-electron chi connectivity index (χ2n) is 5.50. The summed E-state index contributed by atoms with van der Waals surface area (Å²) >= 11 is 2.76. The highest BCUT2D eigenvalue weighted by Crippen LogP contribution is 2.36. The third kappa shape index (κ3) is 2.98. The van der Waals surface area contributed by atoms with Gasteiger partial charge in [-0.1, -0.05) is 34.7 Å². The molecule has 2 aliphatic rings. The summed E-state index contributed by atoms with van der Waals surface area (Å²) in [6, 6.07) is 0. The number of allylic oxidation sites excluding steroid dienone is 2. The van der Waals surface area contributed by atoms with Crippen LogP contribution in [0.1, 0.15) is 19.8 Å². The van der Waals surface area contributed by atoms with Crippen molar-refractivity contribution in [3.63, 3.8) is 0 Å². The number of nitrogens with zero attached hydrogens (tertiary/aromatic N) is 3. The van der Waals surface area contributed by atoms with Gasteiger partial charge in [0.05, 0.1) is 5.75 Å². The van der Waals surface area contributed by atoms with Gasteiger partial charge in [0.2, 0.25) is 11.0 Å². The number of nitrogen functional groups attached to an aromatic ring is 1. The first kappa shape index (κ1) is 13.9. The molecule has 3 rings (SSSR count). The van der Waals surface area contributed by atoms with E-state index in [1.807, 2.05) is 4.90 Å². The number of rotatable bonds is 3. The van der Waals surface area contributed by atoms with Crippen LogP contribution in [0.4, 0.5) is 5.13 Å². The molecule has 108 valence electrons. The molecule has 1 aromatic rings. The Morgan fingerprint density at radius 1 is 1.50 bits per heavy atom. The maximum atomic E-state index is 12.3. The number of hydrogen-bond donors (Lipinski definition) is 1. The molecule has 2 atom stereocenters. The normalized spacial score (nSPS) is 25.4. The van der Waals surface area contributed by atoms with E-state index in [-0.39, 0.29) is 5.91 Å². The van der Waals surface area contributed by atoms with Crippen molar-refractivity contribution in [3.05, 3.63) is 11.6 Å². The van der Waals surface area contributed by atoms with Gasteiger partial charge in [-0.25, -0.2) is 0 Å². The van der Waals surface area contributed by atoms with Crippen LogP contribution in [0, 0.1) is 11.8 Å². The van der Waals surface area contributed by atoms with Crippen molar-refractivity contribution in [2.45, 2.75) is 24.1 Å². The summed E-state index contributed by atoms with van der Waals surface area (Å²) in [5.74, 6) is 1.95. The largest absolute Gasteiger partial charge is 0.374 e. The Morgan fingerprint density at radius 3 is 3.05 bits per heavy atom. The zero-order valence-electron chi connectivity index (χ0n) is 11.4. The molecule has 0 spiro atoms. The van der Waals surface area contributed by atoms with Gasteiger partial charge in [0.25, 0.3) is 0 Å². The Bertz CT molecular complexity index is 542. The standard InChI is InChI=1S/C13H18N4OS2/c1-8-2-3-9-5-17(6-10(9)4-8)11(18)7-19-13-16-15-12(14)20-13/h2,9-10H,3-7H2,1H3,(H2,14,15)/t9-,10+/m0/s1. The van der Waals surface area contributed by atoms with E-state index in [9.17, 15) is 4.79 Å². The second kappa shape index (κ2) is 5.73. The maximum Gasteiger partial charge on any atom is 0.233 e. The fourth-order valence-electron chi connectivity index (χ4n) is 2.98. The summed E-state index contributed by atoms with van der Waals surface area (Å²) in [7, 11) is 0. The minimum Gasteiger partial charge on any atom is -0.374 e. The van der Waals surface area contributed by atoms with E-state index in [0.29, 0.717) is 22.7 Å². The van der Waals surface area contributed by atoms with E-state index in [2.05, 4.69) is 23.2 Å². The number of anilines is 1. The van der Waals surface area contributed by atoms with Crippen LogP contribution in [-0.2, 0) is 4.79 Å². The maximum absolute atomic E-state index is 12.3. The fraction of sp³-hybridized carbons (Fsp3) is 0.615. The number of carbonyl (C=O) groups excluding carboxylic acids is 1. The third-order valence-corrected chi connectivity index (χ3v) is 5.89. The van der Waals surface area contributed by atoms with Gasteiger partial charge in [0.15, 0.2) is 4.34 Å². The molecule has 2 N–H and O–H groups in total. The molecular weight excluding hydrogens is 292 g/mol. The number of hydrogen-bond acceptors (Lipinski definition) is 6. The molecule has 0 saturated carbocycles. The minimum absolute atomic E-state index is 0.204. The zero-order valence-corrected chi connectivity index (χ0v) is 13.0. The Kier molecular flexibility index (Phi) is 3.98. The highest BCUT2D eigenvalue weighted by molar-refractivity contribution is 8.01. The molecule has 1 aliphatic heterocycles. The number of fused-ring (bicyclic) bond motifs is 1. The topological polar surface area (TPSA) is 72.1 Å². The van der Waals surface area contributed by atoms with E-state index >= 15 is 0 Å². The Balaban J connectivity index is 1.52. The summed E-state index contributed by atoms with van der Waals surface area (Å²) < 4.78 is 0.768. The summed E-state index contributed by atoms with van der Waals surface area (Å²) in [4.78, 5) is 14.3. The van der Waals surface area contributed by atoms with Gasteiger partial charge >= 0.3 is 0 Å². The molecule has 7 heteroatoms. The van der Waals surface area contributed by atoms with Crippen LogP contribution in [0.25, 0.3) is 0 Å². The first-order chi connectivity index (χ1) is 9.61. The van der Waals surface area contributed by atoms with Crippen LogP contribution in [-0.4, -0.2) is 39.8 Å². The smallest absolute Gasteiger partial charge is 0.233 e. The second-order valence-corrected chi connectivity index (χ2v) is 7.74. The predicted molar refractivity (Wildman–Crippen MR) is 81.6 cm³/mol. The number of carbonyl (C=O) groups is 1. The lowest BCUT2D eigenvalue weighted by molar-refractivity contribution is -0.127. The van der Waals surface area contributed by atoms with Crippen LogP contribution < -0.4 is 5.73 Å². The van der Waals surface area contributed by atoms with Gasteiger partial charge < -0.3 is 10.6 Å². The lowest BCUT2D eigenvalue weighted by Gasteiger charge is -2.21. The van der Waals surface area contributed by atoms with E-state index < -0.39 is 0 Å². The van der Waals surface area contributed by atoms with Crippen LogP contribution in [0.2, 0.25) is 0 Å². The van der Waals surface area contributed by atoms with Crippen molar-refractivity contribution >= 4 is 34.1 Å². The molecule has 1 aromatic heterocycles. The van der Waals surface area contributed by atoms with Crippen molar-refractivity contribution < 1.29 is 4.79 Å². The minimum atomic E-state index is 0.204. The average molecular weight is 310 g/mol. The van der Waals surface area contributed by atoms with Crippen molar-refractivity contribution in [1.82, 2.24) is 15.1 Å². The molecular formula is C13H18N4OS2. The van der Waals surface area contributed by atoms with Gasteiger partial charge in [0, 0.05) is 13.1 Å². The van der Waals surface area contributed by atoms with E-state index in [1.54, 1.807) is 0 Å². The Morgan fingerprint density at radius 2 is 2.30 bits per heavy atom. The first-order valence-corrected chi connectivity index (χ1v) is 8.57. The molecule has 1 amide bonds. The fourth-order valence-corrected chi connectivity index (χ4v) is 4.52. The highest BCUT2D eigenvalue weighted by atomic mass is 32.2. The van der Waals surface area contributed by atoms with Gasteiger partial charge in [-0.2, -0.15) is 0 Å². The van der Waals surface area contributed by atoms with Gasteiger partial charge in [-0.3, -0.25) is 4.79 Å². The van der Waals surface area contributed by atoms with Crippen molar-refractivity contribution in [2.24, 2.45) is 11.8 Å². The van der Waals surface area contributed by atoms with Gasteiger partial charge in [-0.15, -0.1) is 10.2 Å². The van der Waals surface area contributed by atoms with E-state index in [0.717, 1.165) is 30.3 Å². The molecule has 0 bridgehead atoms. The highest BCUT2D eigenvalue weighted by Gasteiger charge is 2.36. The van der Waals surface area contributed by atoms with Crippen molar-refractivity contribution in [2.75, 3.05) is 24.6 Å². The molecule has 20 heavy (non-hydrogen) atoms. The molecule has 1 aliphatic carbocycles. The predicted octanol–water partition coefficient (Wildman–Crippen LogP) is 2.03. The molecule has 2 heterocycles. The molecule has 5 nitrogen and oxygen atoms in total. The van der Waals surface area contributed by atoms with Crippen LogP contribution in [0.5, 0.6) is 0 Å². The quantitative estimate of drug-likeness (QED) is 0.683. The average Bonchev–Trinajstić information content (AvgIpc) is 3.01. The first-order valence-electron chi connectivity index (χ1n) is 6.77. The molecule has 0 unspecified atom stereocenters. The molecule has 1 saturated heterocycles. The SMILES string of the molecule is CC1=CC[C@H]2CN(C(=O)CSc3nnc(N)s3)C[C@H]2C1. The molecule has 0 aromatic carbocycles. The van der Waals surface area contributed by atoms with Crippen molar-refractivity contribution in [3.8, 4) is 0 Å². The Hall–Kier alpha value is -1.08. The van der Waals surface area contributed by atoms with E-state index in [4.69, 9.17) is 5.73 Å². The number of likely N-dealkylation sites (tertiary alicyclic amines) is 1. The monoisotopic (exact) mass is 310 g/mol. The summed E-state index contributed by atoms with van der Waals surface area (Å²) in [5, 5.41) is 8.13. The third-order valence-electron chi connectivity index (χ3n) is 4.02. The van der Waals surface area contributed by atoms with Gasteiger partial charge in [0.1, 0.15) is 0 Å². The van der Waals surface area contributed by atoms with Gasteiger partial charge in [-0.05, 0) is 31.6 Å². The lowest BCUT2D eigenvalue weighted by atomic mass is 9.83. The molecule has 1 fully saturated rings. The Labute approximate surface area is 126 Å². The number of aromatic nitrogens is 2. The number of thioether (sulfide) groups is 1. The number of amides is 1. The lowest BCUT2D eigenvalue weighted by Crippen LogP contribution is -2.30. The zero-order chi connectivity index (χ0) is 14.1. The summed E-state index contributed by atoms with van der Waals surface area (Å²) in [6.07, 6.45) is 4.60. The summed E-state index contributed by atoms with van der Waals surface area (Å²) in [5.41, 5.74) is 7.00. The molecule has 0 radical (unpaired) electrons. The van der Waals surface area contributed by atoms with Crippen LogP contribution >= 0.6 is 23.1 Å². The van der Waals surface area contributed by atoms with Crippen LogP contribution in [0.3, 0.4) is 0 Å². The summed E-state index contributed by atoms with van der Waals surface area (Å²) in [6.45, 7) is 4.01. The van der Waals surface area contributed by atoms with Crippen molar-refractivity contribution in [1.29, 1.82) is 0 Å². The number of nitrogens with two attached hydrogens (primary N) is 1.